The molecule has 0 atom stereocenters. The zero-order valence-corrected chi connectivity index (χ0v) is 9.78. The van der Waals surface area contributed by atoms with Gasteiger partial charge in [-0.1, -0.05) is 12.2 Å². The summed E-state index contributed by atoms with van der Waals surface area (Å²) in [6.45, 7) is 3.20. The van der Waals surface area contributed by atoms with Crippen LogP contribution in [0.4, 0.5) is 0 Å². The summed E-state index contributed by atoms with van der Waals surface area (Å²) in [5.74, 6) is 4.25. The highest BCUT2D eigenvalue weighted by atomic mass is 14.9. The molecule has 4 saturated carbocycles. The topological polar surface area (TPSA) is 12.0 Å². The van der Waals surface area contributed by atoms with Gasteiger partial charge in [0.15, 0.2) is 0 Å². The van der Waals surface area contributed by atoms with Crippen molar-refractivity contribution in [1.82, 2.24) is 5.32 Å². The highest BCUT2D eigenvalue weighted by molar-refractivity contribution is 5.02. The van der Waals surface area contributed by atoms with E-state index in [-0.39, 0.29) is 0 Å². The molecule has 0 heterocycles. The van der Waals surface area contributed by atoms with Gasteiger partial charge in [-0.2, -0.15) is 0 Å². The first-order chi connectivity index (χ1) is 7.36. The fourth-order valence-electron chi connectivity index (χ4n) is 4.58. The van der Waals surface area contributed by atoms with Crippen LogP contribution < -0.4 is 5.32 Å². The second-order valence-corrected chi connectivity index (χ2v) is 5.93. The summed E-state index contributed by atoms with van der Waals surface area (Å²) in [5, 5.41) is 3.78. The van der Waals surface area contributed by atoms with E-state index >= 15 is 0 Å². The highest BCUT2D eigenvalue weighted by Gasteiger charge is 2.47. The van der Waals surface area contributed by atoms with Crippen LogP contribution in [0.5, 0.6) is 0 Å². The van der Waals surface area contributed by atoms with Crippen molar-refractivity contribution in [1.29, 1.82) is 0 Å². The van der Waals surface area contributed by atoms with E-state index in [1.54, 1.807) is 6.42 Å². The number of rotatable bonds is 3. The third-order valence-electron chi connectivity index (χ3n) is 4.93. The summed E-state index contributed by atoms with van der Waals surface area (Å²) in [6.07, 6.45) is 12.1. The lowest BCUT2D eigenvalue weighted by Crippen LogP contribution is -2.54. The molecule has 15 heavy (non-hydrogen) atoms. The Balaban J connectivity index is 1.64. The van der Waals surface area contributed by atoms with Crippen molar-refractivity contribution in [2.45, 2.75) is 45.1 Å². The molecule has 0 aromatic rings. The molecule has 4 aliphatic carbocycles. The molecule has 0 unspecified atom stereocenters. The van der Waals surface area contributed by atoms with Crippen molar-refractivity contribution < 1.29 is 0 Å². The van der Waals surface area contributed by atoms with Crippen LogP contribution in [0.2, 0.25) is 0 Å². The Kier molecular flexibility index (Phi) is 2.59. The van der Waals surface area contributed by atoms with Crippen molar-refractivity contribution in [2.24, 2.45) is 23.7 Å². The second kappa shape index (κ2) is 3.93. The predicted molar refractivity (Wildman–Crippen MR) is 63.6 cm³/mol. The Morgan fingerprint density at radius 3 is 2.13 bits per heavy atom. The molecule has 4 rings (SSSR count). The first-order valence-electron chi connectivity index (χ1n) is 6.71. The van der Waals surface area contributed by atoms with Crippen LogP contribution in [0.1, 0.15) is 39.0 Å². The summed E-state index contributed by atoms with van der Waals surface area (Å²) in [6, 6.07) is 0.856. The molecule has 1 N–H and O–H groups in total. The van der Waals surface area contributed by atoms with E-state index in [2.05, 4.69) is 24.4 Å². The smallest absolute Gasteiger partial charge is 0.0137 e. The first-order valence-corrected chi connectivity index (χ1v) is 6.71. The van der Waals surface area contributed by atoms with Gasteiger partial charge in [-0.05, 0) is 62.7 Å². The maximum atomic E-state index is 3.78. The lowest BCUT2D eigenvalue weighted by atomic mass is 9.54. The molecule has 84 valence electrons. The molecule has 0 aromatic heterocycles. The molecule has 0 radical (unpaired) electrons. The second-order valence-electron chi connectivity index (χ2n) is 5.93. The van der Waals surface area contributed by atoms with Crippen molar-refractivity contribution >= 4 is 0 Å². The van der Waals surface area contributed by atoms with Gasteiger partial charge in [-0.3, -0.25) is 0 Å². The Labute approximate surface area is 93.3 Å². The van der Waals surface area contributed by atoms with Gasteiger partial charge in [-0.15, -0.1) is 0 Å². The summed E-state index contributed by atoms with van der Waals surface area (Å²) in [5.41, 5.74) is 0. The van der Waals surface area contributed by atoms with E-state index in [4.69, 9.17) is 0 Å². The molecule has 0 aromatic carbocycles. The Morgan fingerprint density at radius 1 is 1.00 bits per heavy atom. The van der Waals surface area contributed by atoms with Crippen molar-refractivity contribution in [3.05, 3.63) is 12.2 Å². The van der Waals surface area contributed by atoms with Gasteiger partial charge < -0.3 is 5.32 Å². The first kappa shape index (κ1) is 9.89. The van der Waals surface area contributed by atoms with Crippen molar-refractivity contribution in [3.8, 4) is 0 Å². The number of nitrogens with one attached hydrogen (secondary N) is 1. The Hall–Kier alpha value is -0.300. The van der Waals surface area contributed by atoms with Gasteiger partial charge in [0.1, 0.15) is 0 Å². The van der Waals surface area contributed by atoms with Crippen LogP contribution in [-0.4, -0.2) is 12.6 Å². The summed E-state index contributed by atoms with van der Waals surface area (Å²) >= 11 is 0. The third kappa shape index (κ3) is 1.75. The van der Waals surface area contributed by atoms with Gasteiger partial charge in [0.25, 0.3) is 0 Å². The SMILES string of the molecule is C/C=C/CNC1C2CC3CC(C2)CC1C3. The van der Waals surface area contributed by atoms with E-state index in [1.807, 2.05) is 0 Å². The monoisotopic (exact) mass is 205 g/mol. The van der Waals surface area contributed by atoms with Crippen molar-refractivity contribution in [2.75, 3.05) is 6.54 Å². The van der Waals surface area contributed by atoms with Crippen LogP contribution >= 0.6 is 0 Å². The summed E-state index contributed by atoms with van der Waals surface area (Å²) in [4.78, 5) is 0. The van der Waals surface area contributed by atoms with E-state index in [1.165, 1.54) is 25.7 Å². The normalized spacial score (nSPS) is 47.9. The minimum atomic E-state index is 0.856. The molecular weight excluding hydrogens is 182 g/mol. The number of hydrogen-bond acceptors (Lipinski definition) is 1. The molecule has 1 heteroatoms. The van der Waals surface area contributed by atoms with E-state index < -0.39 is 0 Å². The Bertz CT molecular complexity index is 228. The largest absolute Gasteiger partial charge is 0.310 e. The van der Waals surface area contributed by atoms with Crippen LogP contribution in [-0.2, 0) is 0 Å². The summed E-state index contributed by atoms with van der Waals surface area (Å²) < 4.78 is 0. The van der Waals surface area contributed by atoms with Crippen LogP contribution in [0, 0.1) is 23.7 Å². The van der Waals surface area contributed by atoms with Gasteiger partial charge >= 0.3 is 0 Å². The molecule has 4 aliphatic rings. The van der Waals surface area contributed by atoms with Crippen LogP contribution in [0.25, 0.3) is 0 Å². The van der Waals surface area contributed by atoms with E-state index in [0.29, 0.717) is 0 Å². The molecule has 0 amide bonds. The van der Waals surface area contributed by atoms with E-state index in [9.17, 15) is 0 Å². The quantitative estimate of drug-likeness (QED) is 0.698. The lowest BCUT2D eigenvalue weighted by molar-refractivity contribution is -0.0123. The molecule has 0 saturated heterocycles. The average Bonchev–Trinajstić information content (AvgIpc) is 2.21. The maximum Gasteiger partial charge on any atom is 0.0137 e. The molecule has 4 fully saturated rings. The molecule has 1 nitrogen and oxygen atoms in total. The molecule has 0 aliphatic heterocycles. The van der Waals surface area contributed by atoms with Crippen molar-refractivity contribution in [3.63, 3.8) is 0 Å². The van der Waals surface area contributed by atoms with E-state index in [0.717, 1.165) is 36.3 Å². The predicted octanol–water partition coefficient (Wildman–Crippen LogP) is 2.98. The minimum Gasteiger partial charge on any atom is -0.310 e. The minimum absolute atomic E-state index is 0.856. The van der Waals surface area contributed by atoms with Gasteiger partial charge in [0.2, 0.25) is 0 Å². The zero-order chi connectivity index (χ0) is 10.3. The van der Waals surface area contributed by atoms with Crippen LogP contribution in [0.3, 0.4) is 0 Å². The molecular formula is C14H23N. The number of hydrogen-bond donors (Lipinski definition) is 1. The summed E-state index contributed by atoms with van der Waals surface area (Å²) in [7, 11) is 0. The lowest BCUT2D eigenvalue weighted by Gasteiger charge is -2.54. The molecule has 0 spiro atoms. The van der Waals surface area contributed by atoms with Gasteiger partial charge in [0, 0.05) is 12.6 Å². The number of allylic oxidation sites excluding steroid dienone is 1. The van der Waals surface area contributed by atoms with Crippen LogP contribution in [0.15, 0.2) is 12.2 Å². The third-order valence-corrected chi connectivity index (χ3v) is 4.93. The highest BCUT2D eigenvalue weighted by Crippen LogP contribution is 2.53. The fourth-order valence-corrected chi connectivity index (χ4v) is 4.58. The average molecular weight is 205 g/mol. The maximum absolute atomic E-state index is 3.78. The standard InChI is InChI=1S/C14H23N/c1-2-3-4-15-14-12-6-10-5-11(8-12)9-13(14)7-10/h2-3,10-15H,4-9H2,1H3/b3-2+. The van der Waals surface area contributed by atoms with Gasteiger partial charge in [-0.25, -0.2) is 0 Å². The zero-order valence-electron chi connectivity index (χ0n) is 9.78. The Morgan fingerprint density at radius 2 is 1.60 bits per heavy atom. The molecule has 4 bridgehead atoms. The fraction of sp³-hybridized carbons (Fsp3) is 0.857. The van der Waals surface area contributed by atoms with Gasteiger partial charge in [0.05, 0.1) is 0 Å².